The van der Waals surface area contributed by atoms with Gasteiger partial charge in [-0.3, -0.25) is 4.79 Å². The summed E-state index contributed by atoms with van der Waals surface area (Å²) in [7, 11) is -3.06. The molecule has 0 aliphatic rings. The zero-order valence-electron chi connectivity index (χ0n) is 16.2. The highest BCUT2D eigenvalue weighted by atomic mass is 28.4. The van der Waals surface area contributed by atoms with Gasteiger partial charge in [0.05, 0.1) is 19.8 Å². The SMILES string of the molecule is CCCC[Si](C)(C)O[Si](C)(C)CCCOCCOCCC(C)=O. The Labute approximate surface area is 145 Å². The fourth-order valence-corrected chi connectivity index (χ4v) is 11.6. The number of carbonyl (C=O) groups excluding carboxylic acids is 1. The highest BCUT2D eigenvalue weighted by Crippen LogP contribution is 2.24. The number of ether oxygens (including phenoxy) is 2. The lowest BCUT2D eigenvalue weighted by Gasteiger charge is -2.34. The molecule has 0 spiro atoms. The van der Waals surface area contributed by atoms with Crippen LogP contribution in [0, 0.1) is 0 Å². The molecule has 0 saturated carbocycles. The van der Waals surface area contributed by atoms with Gasteiger partial charge in [0.25, 0.3) is 0 Å². The molecule has 0 aliphatic carbocycles. The first-order valence-corrected chi connectivity index (χ1v) is 15.3. The van der Waals surface area contributed by atoms with Crippen LogP contribution in [-0.2, 0) is 18.4 Å². The summed E-state index contributed by atoms with van der Waals surface area (Å²) in [6, 6.07) is 2.43. The number of hydrogen-bond acceptors (Lipinski definition) is 4. The van der Waals surface area contributed by atoms with E-state index in [1.807, 2.05) is 0 Å². The second-order valence-electron chi connectivity index (χ2n) is 7.51. The molecule has 0 fully saturated rings. The molecule has 0 aromatic rings. The van der Waals surface area contributed by atoms with E-state index in [9.17, 15) is 4.79 Å². The van der Waals surface area contributed by atoms with Crippen LogP contribution in [0.2, 0.25) is 38.3 Å². The Morgan fingerprint density at radius 1 is 0.826 bits per heavy atom. The van der Waals surface area contributed by atoms with Gasteiger partial charge < -0.3 is 13.6 Å². The molecule has 138 valence electrons. The molecule has 0 N–H and O–H groups in total. The Bertz CT molecular complexity index is 320. The van der Waals surface area contributed by atoms with Crippen molar-refractivity contribution in [1.82, 2.24) is 0 Å². The molecule has 0 aromatic heterocycles. The van der Waals surface area contributed by atoms with Crippen molar-refractivity contribution in [1.29, 1.82) is 0 Å². The summed E-state index contributed by atoms with van der Waals surface area (Å²) >= 11 is 0. The minimum absolute atomic E-state index is 0.170. The Kier molecular flexibility index (Phi) is 12.4. The second kappa shape index (κ2) is 12.4. The maximum Gasteiger partial charge on any atom is 0.173 e. The second-order valence-corrected chi connectivity index (χ2v) is 16.4. The van der Waals surface area contributed by atoms with Crippen molar-refractivity contribution < 1.29 is 18.4 Å². The van der Waals surface area contributed by atoms with Gasteiger partial charge in [-0.1, -0.05) is 19.8 Å². The number of Topliss-reactive ketones (excluding diaryl/α,β-unsaturated/α-hetero) is 1. The van der Waals surface area contributed by atoms with Crippen molar-refractivity contribution in [2.75, 3.05) is 26.4 Å². The minimum Gasteiger partial charge on any atom is -0.455 e. The van der Waals surface area contributed by atoms with E-state index >= 15 is 0 Å². The average Bonchev–Trinajstić information content (AvgIpc) is 2.42. The van der Waals surface area contributed by atoms with E-state index < -0.39 is 16.6 Å². The molecule has 0 saturated heterocycles. The Morgan fingerprint density at radius 3 is 1.87 bits per heavy atom. The van der Waals surface area contributed by atoms with Crippen LogP contribution in [0.1, 0.15) is 39.5 Å². The molecule has 0 bridgehead atoms. The van der Waals surface area contributed by atoms with E-state index in [-0.39, 0.29) is 5.78 Å². The predicted molar refractivity (Wildman–Crippen MR) is 102 cm³/mol. The van der Waals surface area contributed by atoms with E-state index in [1.54, 1.807) is 6.92 Å². The molecule has 0 aliphatic heterocycles. The maximum absolute atomic E-state index is 10.8. The monoisotopic (exact) mass is 362 g/mol. The van der Waals surface area contributed by atoms with Crippen LogP contribution in [0.25, 0.3) is 0 Å². The van der Waals surface area contributed by atoms with Gasteiger partial charge in [0.1, 0.15) is 5.78 Å². The largest absolute Gasteiger partial charge is 0.455 e. The third-order valence-electron chi connectivity index (χ3n) is 3.72. The van der Waals surface area contributed by atoms with Crippen LogP contribution in [0.4, 0.5) is 0 Å². The first kappa shape index (κ1) is 23.0. The summed E-state index contributed by atoms with van der Waals surface area (Å²) in [5.41, 5.74) is 0. The van der Waals surface area contributed by atoms with Gasteiger partial charge >= 0.3 is 0 Å². The number of carbonyl (C=O) groups is 1. The van der Waals surface area contributed by atoms with Crippen LogP contribution < -0.4 is 0 Å². The minimum atomic E-state index is -1.57. The summed E-state index contributed by atoms with van der Waals surface area (Å²) in [5.74, 6) is 0.170. The normalized spacial score (nSPS) is 12.6. The fourth-order valence-electron chi connectivity index (χ4n) is 2.59. The lowest BCUT2D eigenvalue weighted by atomic mass is 10.3. The Hall–Kier alpha value is -0.0162. The third-order valence-corrected chi connectivity index (χ3v) is 11.3. The Balaban J connectivity index is 3.67. The van der Waals surface area contributed by atoms with E-state index in [4.69, 9.17) is 13.6 Å². The molecule has 0 heterocycles. The molecule has 0 rings (SSSR count). The van der Waals surface area contributed by atoms with Crippen molar-refractivity contribution in [3.8, 4) is 0 Å². The van der Waals surface area contributed by atoms with Crippen LogP contribution in [0.3, 0.4) is 0 Å². The number of unbranched alkanes of at least 4 members (excludes halogenated alkanes) is 1. The number of ketones is 1. The highest BCUT2D eigenvalue weighted by molar-refractivity contribution is 6.84. The van der Waals surface area contributed by atoms with E-state index in [2.05, 4.69) is 33.1 Å². The molecule has 0 radical (unpaired) electrons. The molecule has 0 amide bonds. The third kappa shape index (κ3) is 15.3. The van der Waals surface area contributed by atoms with Crippen LogP contribution in [-0.4, -0.2) is 48.8 Å². The summed E-state index contributed by atoms with van der Waals surface area (Å²) in [6.07, 6.45) is 4.10. The fraction of sp³-hybridized carbons (Fsp3) is 0.941. The zero-order chi connectivity index (χ0) is 17.8. The number of hydrogen-bond donors (Lipinski definition) is 0. The van der Waals surface area contributed by atoms with Crippen LogP contribution in [0.15, 0.2) is 0 Å². The molecule has 0 aromatic carbocycles. The molecular formula is C17H38O4Si2. The smallest absolute Gasteiger partial charge is 0.173 e. The number of rotatable bonds is 15. The van der Waals surface area contributed by atoms with E-state index in [0.29, 0.717) is 26.2 Å². The van der Waals surface area contributed by atoms with Crippen molar-refractivity contribution in [3.63, 3.8) is 0 Å². The first-order valence-electron chi connectivity index (χ1n) is 9.03. The maximum atomic E-state index is 10.8. The van der Waals surface area contributed by atoms with Gasteiger partial charge in [-0.25, -0.2) is 0 Å². The van der Waals surface area contributed by atoms with Gasteiger partial charge in [0.15, 0.2) is 16.6 Å². The summed E-state index contributed by atoms with van der Waals surface area (Å²) in [6.45, 7) is 15.7. The van der Waals surface area contributed by atoms with Crippen molar-refractivity contribution in [3.05, 3.63) is 0 Å². The molecule has 0 unspecified atom stereocenters. The zero-order valence-corrected chi connectivity index (χ0v) is 18.2. The summed E-state index contributed by atoms with van der Waals surface area (Å²) in [4.78, 5) is 10.8. The Morgan fingerprint density at radius 2 is 1.35 bits per heavy atom. The predicted octanol–water partition coefficient (Wildman–Crippen LogP) is 4.62. The molecule has 6 heteroatoms. The quantitative estimate of drug-likeness (QED) is 0.315. The van der Waals surface area contributed by atoms with Gasteiger partial charge in [-0.15, -0.1) is 0 Å². The standard InChI is InChI=1S/C17H38O4Si2/c1-7-8-15-22(3,4)21-23(5,6)16-9-11-19-13-14-20-12-10-17(2)18/h7-16H2,1-6H3. The average molecular weight is 363 g/mol. The lowest BCUT2D eigenvalue weighted by Crippen LogP contribution is -2.44. The topological polar surface area (TPSA) is 44.8 Å². The van der Waals surface area contributed by atoms with E-state index in [1.165, 1.54) is 18.9 Å². The van der Waals surface area contributed by atoms with Gasteiger partial charge in [-0.05, 0) is 51.6 Å². The summed E-state index contributed by atoms with van der Waals surface area (Å²) < 4.78 is 17.5. The highest BCUT2D eigenvalue weighted by Gasteiger charge is 2.31. The van der Waals surface area contributed by atoms with Gasteiger partial charge in [-0.2, -0.15) is 0 Å². The van der Waals surface area contributed by atoms with Gasteiger partial charge in [0.2, 0.25) is 0 Å². The first-order chi connectivity index (χ1) is 10.7. The molecular weight excluding hydrogens is 324 g/mol. The molecule has 0 atom stereocenters. The van der Waals surface area contributed by atoms with Crippen LogP contribution in [0.5, 0.6) is 0 Å². The molecule has 4 nitrogen and oxygen atoms in total. The molecule has 23 heavy (non-hydrogen) atoms. The van der Waals surface area contributed by atoms with Crippen LogP contribution >= 0.6 is 0 Å². The van der Waals surface area contributed by atoms with Crippen molar-refractivity contribution >= 4 is 22.4 Å². The van der Waals surface area contributed by atoms with Gasteiger partial charge in [0, 0.05) is 13.0 Å². The van der Waals surface area contributed by atoms with Crippen molar-refractivity contribution in [2.24, 2.45) is 0 Å². The summed E-state index contributed by atoms with van der Waals surface area (Å²) in [5, 5.41) is 0. The lowest BCUT2D eigenvalue weighted by molar-refractivity contribution is -0.118. The van der Waals surface area contributed by atoms with E-state index in [0.717, 1.165) is 19.1 Å². The van der Waals surface area contributed by atoms with Crippen molar-refractivity contribution in [2.45, 2.75) is 77.8 Å².